The van der Waals surface area contributed by atoms with Crippen LogP contribution < -0.4 is 0 Å². The molecule has 0 amide bonds. The van der Waals surface area contributed by atoms with E-state index in [0.29, 0.717) is 11.3 Å². The van der Waals surface area contributed by atoms with Crippen molar-refractivity contribution < 1.29 is 8.42 Å². The van der Waals surface area contributed by atoms with Crippen LogP contribution in [0.15, 0.2) is 24.3 Å². The molecule has 0 bridgehead atoms. The zero-order valence-corrected chi connectivity index (χ0v) is 11.1. The average molecular weight is 270 g/mol. The van der Waals surface area contributed by atoms with E-state index in [9.17, 15) is 8.42 Å². The fourth-order valence-corrected chi connectivity index (χ4v) is 2.75. The number of rotatable bonds is 4. The highest BCUT2D eigenvalue weighted by Crippen LogP contribution is 2.13. The number of benzene rings is 1. The minimum Gasteiger partial charge on any atom is -0.331 e. The Hall–Kier alpha value is -1.14. The zero-order chi connectivity index (χ0) is 12.5. The molecule has 0 aliphatic carbocycles. The lowest BCUT2D eigenvalue weighted by Crippen LogP contribution is -2.14. The topological polar surface area (TPSA) is 54.9 Å². The summed E-state index contributed by atoms with van der Waals surface area (Å²) in [6.07, 6.45) is 0. The summed E-state index contributed by atoms with van der Waals surface area (Å²) in [5.41, 5.74) is 1.88. The van der Waals surface area contributed by atoms with Crippen molar-refractivity contribution in [2.75, 3.05) is 11.5 Å². The molecule has 0 atom stereocenters. The molecule has 0 aliphatic rings. The minimum absolute atomic E-state index is 0.125. The van der Waals surface area contributed by atoms with Gasteiger partial charge in [-0.1, -0.05) is 19.1 Å². The number of hydrogen-bond acceptors (Lipinski definition) is 3. The number of nitrogens with one attached hydrogen (secondary N) is 1. The SMILES string of the molecule is CCS(=O)(=O)CCn1c(=S)[nH]c2ccccc21. The molecule has 17 heavy (non-hydrogen) atoms. The van der Waals surface area contributed by atoms with Crippen LogP contribution in [0.25, 0.3) is 11.0 Å². The molecule has 2 aromatic rings. The van der Waals surface area contributed by atoms with Crippen molar-refractivity contribution in [3.05, 3.63) is 29.0 Å². The second-order valence-corrected chi connectivity index (χ2v) is 6.69. The molecule has 1 aromatic heterocycles. The van der Waals surface area contributed by atoms with Crippen molar-refractivity contribution in [3.8, 4) is 0 Å². The third kappa shape index (κ3) is 2.58. The van der Waals surface area contributed by atoms with Gasteiger partial charge >= 0.3 is 0 Å². The van der Waals surface area contributed by atoms with E-state index < -0.39 is 9.84 Å². The Bertz CT molecular complexity index is 683. The Morgan fingerprint density at radius 3 is 2.76 bits per heavy atom. The molecular weight excluding hydrogens is 256 g/mol. The molecule has 0 unspecified atom stereocenters. The van der Waals surface area contributed by atoms with Crippen LogP contribution in [0.1, 0.15) is 6.92 Å². The maximum atomic E-state index is 11.5. The molecule has 0 saturated heterocycles. The summed E-state index contributed by atoms with van der Waals surface area (Å²) in [5.74, 6) is 0.294. The number of nitrogens with zero attached hydrogens (tertiary/aromatic N) is 1. The number of imidazole rings is 1. The molecule has 2 rings (SSSR count). The number of sulfone groups is 1. The van der Waals surface area contributed by atoms with Crippen LogP contribution in [0.5, 0.6) is 0 Å². The number of aromatic nitrogens is 2. The number of hydrogen-bond donors (Lipinski definition) is 1. The van der Waals surface area contributed by atoms with Gasteiger partial charge in [0.15, 0.2) is 14.6 Å². The second kappa shape index (κ2) is 4.62. The molecule has 1 heterocycles. The molecule has 92 valence electrons. The van der Waals surface area contributed by atoms with Crippen LogP contribution in [0.4, 0.5) is 0 Å². The van der Waals surface area contributed by atoms with Crippen LogP contribution >= 0.6 is 12.2 Å². The molecule has 0 fully saturated rings. The van der Waals surface area contributed by atoms with Crippen molar-refractivity contribution in [2.45, 2.75) is 13.5 Å². The van der Waals surface area contributed by atoms with E-state index in [1.807, 2.05) is 28.8 Å². The van der Waals surface area contributed by atoms with Crippen molar-refractivity contribution in [3.63, 3.8) is 0 Å². The largest absolute Gasteiger partial charge is 0.331 e. The van der Waals surface area contributed by atoms with Gasteiger partial charge in [-0.05, 0) is 24.4 Å². The smallest absolute Gasteiger partial charge is 0.178 e. The van der Waals surface area contributed by atoms with E-state index in [1.165, 1.54) is 0 Å². The quantitative estimate of drug-likeness (QED) is 0.866. The summed E-state index contributed by atoms with van der Waals surface area (Å²) in [5, 5.41) is 0. The van der Waals surface area contributed by atoms with Gasteiger partial charge < -0.3 is 9.55 Å². The first-order valence-corrected chi connectivity index (χ1v) is 7.64. The van der Waals surface area contributed by atoms with Gasteiger partial charge in [-0.15, -0.1) is 0 Å². The zero-order valence-electron chi connectivity index (χ0n) is 9.51. The summed E-state index contributed by atoms with van der Waals surface area (Å²) in [4.78, 5) is 3.06. The van der Waals surface area contributed by atoms with Crippen LogP contribution in [0.2, 0.25) is 0 Å². The Balaban J connectivity index is 2.36. The highest BCUT2D eigenvalue weighted by molar-refractivity contribution is 7.91. The van der Waals surface area contributed by atoms with Crippen molar-refractivity contribution in [2.24, 2.45) is 0 Å². The van der Waals surface area contributed by atoms with Gasteiger partial charge in [0.25, 0.3) is 0 Å². The highest BCUT2D eigenvalue weighted by Gasteiger charge is 2.10. The third-order valence-electron chi connectivity index (χ3n) is 2.75. The van der Waals surface area contributed by atoms with Crippen LogP contribution in [0, 0.1) is 4.77 Å². The molecular formula is C11H14N2O2S2. The predicted octanol–water partition coefficient (Wildman–Crippen LogP) is 2.13. The maximum Gasteiger partial charge on any atom is 0.178 e. The number of aryl methyl sites for hydroxylation is 1. The number of fused-ring (bicyclic) bond motifs is 1. The van der Waals surface area contributed by atoms with Gasteiger partial charge in [0.2, 0.25) is 0 Å². The van der Waals surface area contributed by atoms with Crippen molar-refractivity contribution >= 4 is 33.1 Å². The summed E-state index contributed by atoms with van der Waals surface area (Å²) < 4.78 is 25.4. The number of para-hydroxylation sites is 2. The van der Waals surface area contributed by atoms with Crippen LogP contribution in [-0.2, 0) is 16.4 Å². The van der Waals surface area contributed by atoms with Gasteiger partial charge in [-0.2, -0.15) is 0 Å². The van der Waals surface area contributed by atoms with Gasteiger partial charge in [0.1, 0.15) is 0 Å². The normalized spacial score (nSPS) is 12.1. The third-order valence-corrected chi connectivity index (χ3v) is 4.75. The van der Waals surface area contributed by atoms with Crippen LogP contribution in [0.3, 0.4) is 0 Å². The van der Waals surface area contributed by atoms with E-state index in [1.54, 1.807) is 6.92 Å². The lowest BCUT2D eigenvalue weighted by molar-refractivity contribution is 0.590. The van der Waals surface area contributed by atoms with Gasteiger partial charge in [0, 0.05) is 12.3 Å². The van der Waals surface area contributed by atoms with Gasteiger partial charge in [0.05, 0.1) is 16.8 Å². The van der Waals surface area contributed by atoms with Crippen molar-refractivity contribution in [1.82, 2.24) is 9.55 Å². The standard InChI is InChI=1S/C11H14N2O2S2/c1-2-17(14,15)8-7-13-10-6-4-3-5-9(10)12-11(13)16/h3-6H,2,7-8H2,1H3,(H,12,16). The Kier molecular flexibility index (Phi) is 3.35. The van der Waals surface area contributed by atoms with E-state index in [0.717, 1.165) is 11.0 Å². The molecule has 6 heteroatoms. The van der Waals surface area contributed by atoms with E-state index in [4.69, 9.17) is 12.2 Å². The van der Waals surface area contributed by atoms with E-state index in [2.05, 4.69) is 4.98 Å². The number of H-pyrrole nitrogens is 1. The van der Waals surface area contributed by atoms with Gasteiger partial charge in [-0.3, -0.25) is 0 Å². The molecule has 0 aliphatic heterocycles. The Labute approximate surface area is 105 Å². The fraction of sp³-hybridized carbons (Fsp3) is 0.364. The highest BCUT2D eigenvalue weighted by atomic mass is 32.2. The molecule has 0 spiro atoms. The van der Waals surface area contributed by atoms with Gasteiger partial charge in [-0.25, -0.2) is 8.42 Å². The molecule has 1 aromatic carbocycles. The second-order valence-electron chi connectivity index (χ2n) is 3.84. The Morgan fingerprint density at radius 2 is 2.06 bits per heavy atom. The predicted molar refractivity (Wildman–Crippen MR) is 71.5 cm³/mol. The number of aromatic amines is 1. The first kappa shape index (κ1) is 12.3. The summed E-state index contributed by atoms with van der Waals surface area (Å²) in [7, 11) is -2.96. The molecule has 0 saturated carbocycles. The minimum atomic E-state index is -2.96. The Morgan fingerprint density at radius 1 is 1.35 bits per heavy atom. The van der Waals surface area contributed by atoms with Crippen molar-refractivity contribution in [1.29, 1.82) is 0 Å². The average Bonchev–Trinajstić information content (AvgIpc) is 2.62. The lowest BCUT2D eigenvalue weighted by Gasteiger charge is -2.04. The fourth-order valence-electron chi connectivity index (χ4n) is 1.70. The molecule has 1 N–H and O–H groups in total. The van der Waals surface area contributed by atoms with E-state index >= 15 is 0 Å². The van der Waals surface area contributed by atoms with Crippen LogP contribution in [-0.4, -0.2) is 29.5 Å². The maximum absolute atomic E-state index is 11.5. The summed E-state index contributed by atoms with van der Waals surface area (Å²) in [6.45, 7) is 2.06. The first-order valence-electron chi connectivity index (χ1n) is 5.41. The lowest BCUT2D eigenvalue weighted by atomic mass is 10.3. The summed E-state index contributed by atoms with van der Waals surface area (Å²) in [6, 6.07) is 7.69. The monoisotopic (exact) mass is 270 g/mol. The molecule has 4 nitrogen and oxygen atoms in total. The molecule has 0 radical (unpaired) electrons. The van der Waals surface area contributed by atoms with E-state index in [-0.39, 0.29) is 11.5 Å². The summed E-state index contributed by atoms with van der Waals surface area (Å²) >= 11 is 5.19. The first-order chi connectivity index (χ1) is 8.03.